The highest BCUT2D eigenvalue weighted by Crippen LogP contribution is 2.14. The standard InChI is InChI=1S/C13H18O2/c1-10(2)8-9-11-6-4-5-7-12(11)13(14)15-3/h4-7,10H,8-9H2,1-3H3. The SMILES string of the molecule is COC(=O)c1ccccc1CCC(C)C. The van der Waals surface area contributed by atoms with Gasteiger partial charge in [-0.15, -0.1) is 0 Å². The molecule has 0 radical (unpaired) electrons. The van der Waals surface area contributed by atoms with E-state index in [2.05, 4.69) is 13.8 Å². The van der Waals surface area contributed by atoms with Crippen LogP contribution in [-0.2, 0) is 11.2 Å². The van der Waals surface area contributed by atoms with Gasteiger partial charge >= 0.3 is 5.97 Å². The number of hydrogen-bond acceptors (Lipinski definition) is 2. The quantitative estimate of drug-likeness (QED) is 0.708. The lowest BCUT2D eigenvalue weighted by Crippen LogP contribution is -2.06. The first-order valence-corrected chi connectivity index (χ1v) is 5.31. The highest BCUT2D eigenvalue weighted by atomic mass is 16.5. The summed E-state index contributed by atoms with van der Waals surface area (Å²) in [7, 11) is 1.42. The van der Waals surface area contributed by atoms with Crippen molar-refractivity contribution < 1.29 is 9.53 Å². The van der Waals surface area contributed by atoms with E-state index in [1.54, 1.807) is 0 Å². The smallest absolute Gasteiger partial charge is 0.338 e. The topological polar surface area (TPSA) is 26.3 Å². The molecule has 0 unspecified atom stereocenters. The van der Waals surface area contributed by atoms with Gasteiger partial charge in [-0.25, -0.2) is 4.79 Å². The van der Waals surface area contributed by atoms with Crippen LogP contribution in [0.2, 0.25) is 0 Å². The monoisotopic (exact) mass is 206 g/mol. The lowest BCUT2D eigenvalue weighted by atomic mass is 9.98. The molecular weight excluding hydrogens is 188 g/mol. The molecule has 0 atom stereocenters. The fourth-order valence-electron chi connectivity index (χ4n) is 1.49. The summed E-state index contributed by atoms with van der Waals surface area (Å²) in [5.74, 6) is 0.407. The van der Waals surface area contributed by atoms with Crippen LogP contribution in [0.3, 0.4) is 0 Å². The Bertz CT molecular complexity index is 329. The summed E-state index contributed by atoms with van der Waals surface area (Å²) in [5, 5.41) is 0. The Balaban J connectivity index is 2.81. The van der Waals surface area contributed by atoms with Gasteiger partial charge in [-0.05, 0) is 30.4 Å². The highest BCUT2D eigenvalue weighted by Gasteiger charge is 2.10. The second kappa shape index (κ2) is 5.54. The summed E-state index contributed by atoms with van der Waals surface area (Å²) in [6.07, 6.45) is 2.02. The molecule has 0 fully saturated rings. The van der Waals surface area contributed by atoms with Crippen molar-refractivity contribution in [1.82, 2.24) is 0 Å². The number of aryl methyl sites for hydroxylation is 1. The second-order valence-electron chi connectivity index (χ2n) is 4.08. The maximum absolute atomic E-state index is 11.5. The minimum Gasteiger partial charge on any atom is -0.465 e. The van der Waals surface area contributed by atoms with Gasteiger partial charge < -0.3 is 4.74 Å². The van der Waals surface area contributed by atoms with Crippen LogP contribution in [0.1, 0.15) is 36.2 Å². The summed E-state index contributed by atoms with van der Waals surface area (Å²) < 4.78 is 4.74. The normalized spacial score (nSPS) is 10.4. The molecule has 0 heterocycles. The number of benzene rings is 1. The van der Waals surface area contributed by atoms with Gasteiger partial charge in [0.05, 0.1) is 12.7 Å². The van der Waals surface area contributed by atoms with E-state index in [0.717, 1.165) is 18.4 Å². The third-order valence-corrected chi connectivity index (χ3v) is 2.41. The van der Waals surface area contributed by atoms with Crippen molar-refractivity contribution in [3.8, 4) is 0 Å². The van der Waals surface area contributed by atoms with Crippen LogP contribution in [0.15, 0.2) is 24.3 Å². The van der Waals surface area contributed by atoms with Crippen LogP contribution >= 0.6 is 0 Å². The number of esters is 1. The molecule has 0 bridgehead atoms. The van der Waals surface area contributed by atoms with E-state index in [1.165, 1.54) is 7.11 Å². The predicted molar refractivity (Wildman–Crippen MR) is 60.9 cm³/mol. The minimum absolute atomic E-state index is 0.241. The fraction of sp³-hybridized carbons (Fsp3) is 0.462. The average Bonchev–Trinajstić information content (AvgIpc) is 2.25. The van der Waals surface area contributed by atoms with Gasteiger partial charge in [-0.3, -0.25) is 0 Å². The van der Waals surface area contributed by atoms with Crippen LogP contribution in [0.5, 0.6) is 0 Å². The lowest BCUT2D eigenvalue weighted by molar-refractivity contribution is 0.0599. The molecule has 82 valence electrons. The molecule has 15 heavy (non-hydrogen) atoms. The van der Waals surface area contributed by atoms with Crippen molar-refractivity contribution in [2.75, 3.05) is 7.11 Å². The molecule has 0 aliphatic rings. The number of ether oxygens (including phenoxy) is 1. The van der Waals surface area contributed by atoms with E-state index in [1.807, 2.05) is 24.3 Å². The number of hydrogen-bond donors (Lipinski definition) is 0. The third kappa shape index (κ3) is 3.39. The van der Waals surface area contributed by atoms with Gasteiger partial charge in [0, 0.05) is 0 Å². The summed E-state index contributed by atoms with van der Waals surface area (Å²) in [5.41, 5.74) is 1.78. The van der Waals surface area contributed by atoms with Crippen molar-refractivity contribution in [1.29, 1.82) is 0 Å². The minimum atomic E-state index is -0.241. The van der Waals surface area contributed by atoms with E-state index in [-0.39, 0.29) is 5.97 Å². The molecule has 0 saturated carbocycles. The van der Waals surface area contributed by atoms with Crippen molar-refractivity contribution in [2.24, 2.45) is 5.92 Å². The summed E-state index contributed by atoms with van der Waals surface area (Å²) >= 11 is 0. The average molecular weight is 206 g/mol. The maximum atomic E-state index is 11.5. The summed E-state index contributed by atoms with van der Waals surface area (Å²) in [6.45, 7) is 4.36. The van der Waals surface area contributed by atoms with Crippen molar-refractivity contribution in [3.63, 3.8) is 0 Å². The zero-order valence-corrected chi connectivity index (χ0v) is 9.62. The molecule has 0 aliphatic carbocycles. The summed E-state index contributed by atoms with van der Waals surface area (Å²) in [6, 6.07) is 7.64. The Hall–Kier alpha value is -1.31. The Morgan fingerprint density at radius 3 is 2.60 bits per heavy atom. The molecule has 1 rings (SSSR count). The van der Waals surface area contributed by atoms with Crippen LogP contribution in [0, 0.1) is 5.92 Å². The van der Waals surface area contributed by atoms with E-state index >= 15 is 0 Å². The van der Waals surface area contributed by atoms with Gasteiger partial charge in [0.25, 0.3) is 0 Å². The van der Waals surface area contributed by atoms with Crippen LogP contribution < -0.4 is 0 Å². The Morgan fingerprint density at radius 2 is 2.00 bits per heavy atom. The molecule has 1 aromatic carbocycles. The zero-order chi connectivity index (χ0) is 11.3. The number of rotatable bonds is 4. The van der Waals surface area contributed by atoms with Gasteiger partial charge in [0.15, 0.2) is 0 Å². The molecule has 0 N–H and O–H groups in total. The van der Waals surface area contributed by atoms with E-state index < -0.39 is 0 Å². The Morgan fingerprint density at radius 1 is 1.33 bits per heavy atom. The molecule has 0 amide bonds. The van der Waals surface area contributed by atoms with Gasteiger partial charge in [0.2, 0.25) is 0 Å². The van der Waals surface area contributed by atoms with E-state index in [9.17, 15) is 4.79 Å². The van der Waals surface area contributed by atoms with Gasteiger partial charge in [-0.1, -0.05) is 32.0 Å². The lowest BCUT2D eigenvalue weighted by Gasteiger charge is -2.08. The molecule has 0 saturated heterocycles. The van der Waals surface area contributed by atoms with Crippen molar-refractivity contribution >= 4 is 5.97 Å². The molecule has 0 spiro atoms. The molecular formula is C13H18O2. The molecule has 0 aromatic heterocycles. The first-order valence-electron chi connectivity index (χ1n) is 5.31. The van der Waals surface area contributed by atoms with Crippen LogP contribution in [0.25, 0.3) is 0 Å². The predicted octanol–water partition coefficient (Wildman–Crippen LogP) is 3.06. The molecule has 2 heteroatoms. The first-order chi connectivity index (χ1) is 7.15. The highest BCUT2D eigenvalue weighted by molar-refractivity contribution is 5.90. The summed E-state index contributed by atoms with van der Waals surface area (Å²) in [4.78, 5) is 11.5. The van der Waals surface area contributed by atoms with E-state index in [4.69, 9.17) is 4.74 Å². The van der Waals surface area contributed by atoms with Crippen LogP contribution in [-0.4, -0.2) is 13.1 Å². The van der Waals surface area contributed by atoms with Gasteiger partial charge in [-0.2, -0.15) is 0 Å². The molecule has 0 aliphatic heterocycles. The number of carbonyl (C=O) groups is 1. The van der Waals surface area contributed by atoms with E-state index in [0.29, 0.717) is 11.5 Å². The molecule has 2 nitrogen and oxygen atoms in total. The largest absolute Gasteiger partial charge is 0.465 e. The van der Waals surface area contributed by atoms with Crippen LogP contribution in [0.4, 0.5) is 0 Å². The van der Waals surface area contributed by atoms with Crippen molar-refractivity contribution in [2.45, 2.75) is 26.7 Å². The number of methoxy groups -OCH3 is 1. The zero-order valence-electron chi connectivity index (χ0n) is 9.62. The van der Waals surface area contributed by atoms with Gasteiger partial charge in [0.1, 0.15) is 0 Å². The first kappa shape index (κ1) is 11.8. The number of carbonyl (C=O) groups excluding carboxylic acids is 1. The fourth-order valence-corrected chi connectivity index (χ4v) is 1.49. The Labute approximate surface area is 91.3 Å². The Kier molecular flexibility index (Phi) is 4.35. The molecule has 1 aromatic rings. The van der Waals surface area contributed by atoms with Crippen molar-refractivity contribution in [3.05, 3.63) is 35.4 Å². The third-order valence-electron chi connectivity index (χ3n) is 2.41. The second-order valence-corrected chi connectivity index (χ2v) is 4.08. The maximum Gasteiger partial charge on any atom is 0.338 e.